The number of nitrogens with two attached hydrogens (primary N) is 1. The number of aryl methyl sites for hydroxylation is 1. The molecule has 1 aliphatic rings. The second-order valence-electron chi connectivity index (χ2n) is 6.12. The maximum Gasteiger partial charge on any atom is 0.387 e. The Morgan fingerprint density at radius 2 is 2.00 bits per heavy atom. The lowest BCUT2D eigenvalue weighted by molar-refractivity contribution is -0.0512. The molecule has 0 aromatic heterocycles. The Bertz CT molecular complexity index is 818. The number of methoxy groups -OCH3 is 1. The average molecular weight is 399 g/mol. The van der Waals surface area contributed by atoms with Gasteiger partial charge in [-0.2, -0.15) is 8.78 Å². The molecule has 0 saturated carbocycles. The van der Waals surface area contributed by atoms with Gasteiger partial charge in [-0.25, -0.2) is 0 Å². The van der Waals surface area contributed by atoms with Gasteiger partial charge in [0.25, 0.3) is 5.91 Å². The number of benzene rings is 2. The number of rotatable bonds is 5. The van der Waals surface area contributed by atoms with Gasteiger partial charge < -0.3 is 20.5 Å². The second-order valence-corrected chi connectivity index (χ2v) is 6.12. The Balaban J connectivity index is 0.00000261. The van der Waals surface area contributed by atoms with E-state index in [1.807, 2.05) is 18.2 Å². The summed E-state index contributed by atoms with van der Waals surface area (Å²) < 4.78 is 34.2. The van der Waals surface area contributed by atoms with Crippen LogP contribution in [0.4, 0.5) is 14.5 Å². The second kappa shape index (κ2) is 8.90. The number of ether oxygens (including phenoxy) is 2. The van der Waals surface area contributed by atoms with Crippen LogP contribution in [0.25, 0.3) is 0 Å². The predicted molar refractivity (Wildman–Crippen MR) is 101 cm³/mol. The highest BCUT2D eigenvalue weighted by molar-refractivity contribution is 5.95. The number of carbonyl (C=O) groups excluding carboxylic acids is 1. The summed E-state index contributed by atoms with van der Waals surface area (Å²) in [5.74, 6) is -0.339. The summed E-state index contributed by atoms with van der Waals surface area (Å²) in [4.78, 5) is 12.6. The van der Waals surface area contributed by atoms with Crippen LogP contribution in [0.15, 0.2) is 36.4 Å². The summed E-state index contributed by atoms with van der Waals surface area (Å²) in [7, 11) is 1.33. The van der Waals surface area contributed by atoms with Gasteiger partial charge in [-0.15, -0.1) is 12.4 Å². The first-order valence-corrected chi connectivity index (χ1v) is 8.30. The van der Waals surface area contributed by atoms with Crippen LogP contribution in [0.2, 0.25) is 0 Å². The number of nitrogen functional groups attached to an aromatic ring is 1. The lowest BCUT2D eigenvalue weighted by Gasteiger charge is -2.26. The van der Waals surface area contributed by atoms with Crippen molar-refractivity contribution in [3.63, 3.8) is 0 Å². The molecular formula is C19H21ClF2N2O3. The number of amides is 1. The number of halogens is 3. The predicted octanol–water partition coefficient (Wildman–Crippen LogP) is 4.11. The third kappa shape index (κ3) is 4.80. The molecule has 1 amide bonds. The average Bonchev–Trinajstić information content (AvgIpc) is 2.61. The van der Waals surface area contributed by atoms with Crippen LogP contribution in [0.3, 0.4) is 0 Å². The molecular weight excluding hydrogens is 378 g/mol. The van der Waals surface area contributed by atoms with Crippen LogP contribution < -0.4 is 20.5 Å². The van der Waals surface area contributed by atoms with Crippen LogP contribution >= 0.6 is 12.4 Å². The van der Waals surface area contributed by atoms with Gasteiger partial charge in [-0.3, -0.25) is 4.79 Å². The monoisotopic (exact) mass is 398 g/mol. The molecule has 3 rings (SSSR count). The third-order valence-electron chi connectivity index (χ3n) is 4.43. The van der Waals surface area contributed by atoms with Gasteiger partial charge in [0.15, 0.2) is 11.5 Å². The summed E-state index contributed by atoms with van der Waals surface area (Å²) in [5.41, 5.74) is 9.05. The molecule has 146 valence electrons. The smallest absolute Gasteiger partial charge is 0.387 e. The first-order chi connectivity index (χ1) is 12.5. The lowest BCUT2D eigenvalue weighted by Crippen LogP contribution is -2.31. The standard InChI is InChI=1S/C19H20F2N2O3.ClH/c1-25-17-10-12(5-8-16(17)26-19(20)21)18(24)23-15-4-2-3-11-9-13(22)6-7-14(11)15;/h5-10,15,19H,2-4,22H2,1H3,(H,23,24);1H. The van der Waals surface area contributed by atoms with Gasteiger partial charge in [0.2, 0.25) is 0 Å². The maximum atomic E-state index is 12.6. The lowest BCUT2D eigenvalue weighted by atomic mass is 9.87. The maximum absolute atomic E-state index is 12.6. The summed E-state index contributed by atoms with van der Waals surface area (Å²) in [6, 6.07) is 9.71. The Morgan fingerprint density at radius 3 is 2.70 bits per heavy atom. The van der Waals surface area contributed by atoms with Crippen molar-refractivity contribution in [2.24, 2.45) is 0 Å². The van der Waals surface area contributed by atoms with Crippen molar-refractivity contribution in [3.05, 3.63) is 53.1 Å². The third-order valence-corrected chi connectivity index (χ3v) is 4.43. The topological polar surface area (TPSA) is 73.6 Å². The first-order valence-electron chi connectivity index (χ1n) is 8.30. The van der Waals surface area contributed by atoms with E-state index in [9.17, 15) is 13.6 Å². The number of fused-ring (bicyclic) bond motifs is 1. The number of hydrogen-bond acceptors (Lipinski definition) is 4. The highest BCUT2D eigenvalue weighted by atomic mass is 35.5. The SMILES string of the molecule is COc1cc(C(=O)NC2CCCc3cc(N)ccc32)ccc1OC(F)F.Cl. The van der Waals surface area contributed by atoms with Crippen LogP contribution in [0.5, 0.6) is 11.5 Å². The highest BCUT2D eigenvalue weighted by Gasteiger charge is 2.23. The Kier molecular flexibility index (Phi) is 6.85. The van der Waals surface area contributed by atoms with Crippen molar-refractivity contribution in [2.45, 2.75) is 31.9 Å². The van der Waals surface area contributed by atoms with Crippen LogP contribution in [-0.4, -0.2) is 19.6 Å². The van der Waals surface area contributed by atoms with Gasteiger partial charge >= 0.3 is 6.61 Å². The fourth-order valence-electron chi connectivity index (χ4n) is 3.23. The van der Waals surface area contributed by atoms with Crippen LogP contribution in [0.1, 0.15) is 40.4 Å². The van der Waals surface area contributed by atoms with Gasteiger partial charge in [0.1, 0.15) is 0 Å². The molecule has 0 spiro atoms. The van der Waals surface area contributed by atoms with E-state index < -0.39 is 6.61 Å². The van der Waals surface area contributed by atoms with Crippen molar-refractivity contribution >= 4 is 24.0 Å². The Hall–Kier alpha value is -2.54. The van der Waals surface area contributed by atoms with E-state index in [1.54, 1.807) is 0 Å². The molecule has 1 atom stereocenters. The molecule has 2 aromatic rings. The molecule has 0 saturated heterocycles. The molecule has 1 aliphatic carbocycles. The molecule has 0 radical (unpaired) electrons. The molecule has 0 aliphatic heterocycles. The van der Waals surface area contributed by atoms with Crippen molar-refractivity contribution in [1.29, 1.82) is 0 Å². The van der Waals surface area contributed by atoms with Crippen molar-refractivity contribution < 1.29 is 23.0 Å². The van der Waals surface area contributed by atoms with Crippen molar-refractivity contribution in [3.8, 4) is 11.5 Å². The van der Waals surface area contributed by atoms with E-state index in [0.717, 1.165) is 30.4 Å². The zero-order chi connectivity index (χ0) is 18.7. The summed E-state index contributed by atoms with van der Waals surface area (Å²) in [6.07, 6.45) is 2.71. The van der Waals surface area contributed by atoms with E-state index in [-0.39, 0.29) is 35.9 Å². The summed E-state index contributed by atoms with van der Waals surface area (Å²) >= 11 is 0. The molecule has 0 heterocycles. The summed E-state index contributed by atoms with van der Waals surface area (Å²) in [5, 5.41) is 3.00. The largest absolute Gasteiger partial charge is 0.493 e. The van der Waals surface area contributed by atoms with Gasteiger partial charge in [-0.1, -0.05) is 6.07 Å². The zero-order valence-corrected chi connectivity index (χ0v) is 15.5. The Morgan fingerprint density at radius 1 is 1.22 bits per heavy atom. The minimum absolute atomic E-state index is 0. The highest BCUT2D eigenvalue weighted by Crippen LogP contribution is 2.32. The van der Waals surface area contributed by atoms with Gasteiger partial charge in [0.05, 0.1) is 13.2 Å². The molecule has 0 fully saturated rings. The van der Waals surface area contributed by atoms with E-state index in [1.165, 1.54) is 25.3 Å². The minimum Gasteiger partial charge on any atom is -0.493 e. The molecule has 2 aromatic carbocycles. The quantitative estimate of drug-likeness (QED) is 0.743. The van der Waals surface area contributed by atoms with E-state index in [2.05, 4.69) is 10.1 Å². The zero-order valence-electron chi connectivity index (χ0n) is 14.7. The molecule has 8 heteroatoms. The van der Waals surface area contributed by atoms with Crippen LogP contribution in [0, 0.1) is 0 Å². The molecule has 3 N–H and O–H groups in total. The normalized spacial score (nSPS) is 15.5. The van der Waals surface area contributed by atoms with Gasteiger partial charge in [-0.05, 0) is 60.7 Å². The Labute approximate surface area is 162 Å². The van der Waals surface area contributed by atoms with Crippen molar-refractivity contribution in [1.82, 2.24) is 5.32 Å². The molecule has 0 bridgehead atoms. The number of carbonyl (C=O) groups is 1. The number of alkyl halides is 2. The fraction of sp³-hybridized carbons (Fsp3) is 0.316. The number of hydrogen-bond donors (Lipinski definition) is 2. The number of nitrogens with one attached hydrogen (secondary N) is 1. The molecule has 1 unspecified atom stereocenters. The fourth-order valence-corrected chi connectivity index (χ4v) is 3.23. The number of anilines is 1. The van der Waals surface area contributed by atoms with E-state index in [4.69, 9.17) is 10.5 Å². The van der Waals surface area contributed by atoms with E-state index >= 15 is 0 Å². The molecule has 27 heavy (non-hydrogen) atoms. The van der Waals surface area contributed by atoms with Crippen molar-refractivity contribution in [2.75, 3.05) is 12.8 Å². The van der Waals surface area contributed by atoms with E-state index in [0.29, 0.717) is 11.3 Å². The van der Waals surface area contributed by atoms with Crippen LogP contribution in [-0.2, 0) is 6.42 Å². The summed E-state index contributed by atoms with van der Waals surface area (Å²) in [6.45, 7) is -2.96. The minimum atomic E-state index is -2.96. The van der Waals surface area contributed by atoms with Gasteiger partial charge in [0, 0.05) is 11.3 Å². The molecule has 5 nitrogen and oxygen atoms in total. The first kappa shape index (κ1) is 20.8.